The number of halogens is 1. The van der Waals surface area contributed by atoms with Gasteiger partial charge in [0.05, 0.1) is 11.1 Å². The second-order valence-electron chi connectivity index (χ2n) is 4.90. The Morgan fingerprint density at radius 3 is 2.61 bits per heavy atom. The molecule has 0 fully saturated rings. The molecule has 2 unspecified atom stereocenters. The van der Waals surface area contributed by atoms with E-state index in [1.807, 2.05) is 11.4 Å². The number of rotatable bonds is 8. The molecule has 4 heteroatoms. The van der Waals surface area contributed by atoms with Crippen LogP contribution in [0.2, 0.25) is 5.02 Å². The zero-order chi connectivity index (χ0) is 13.5. The SMILES string of the molecule is CCCNC(Cc1sccc1Cl)C(OC)C(C)C. The van der Waals surface area contributed by atoms with Crippen molar-refractivity contribution in [3.8, 4) is 0 Å². The lowest BCUT2D eigenvalue weighted by molar-refractivity contribution is 0.0335. The molecule has 18 heavy (non-hydrogen) atoms. The van der Waals surface area contributed by atoms with Gasteiger partial charge in [-0.3, -0.25) is 0 Å². The van der Waals surface area contributed by atoms with Gasteiger partial charge in [-0.2, -0.15) is 0 Å². The highest BCUT2D eigenvalue weighted by atomic mass is 35.5. The maximum atomic E-state index is 6.19. The summed E-state index contributed by atoms with van der Waals surface area (Å²) in [4.78, 5) is 1.24. The first-order chi connectivity index (χ1) is 8.60. The number of hydrogen-bond donors (Lipinski definition) is 1. The van der Waals surface area contributed by atoms with Crippen molar-refractivity contribution < 1.29 is 4.74 Å². The molecule has 0 aliphatic carbocycles. The van der Waals surface area contributed by atoms with Crippen molar-refractivity contribution in [2.75, 3.05) is 13.7 Å². The molecule has 0 saturated carbocycles. The molecule has 0 aliphatic heterocycles. The summed E-state index contributed by atoms with van der Waals surface area (Å²) in [5.74, 6) is 0.489. The summed E-state index contributed by atoms with van der Waals surface area (Å²) in [6, 6.07) is 2.29. The molecule has 1 aromatic heterocycles. The fourth-order valence-electron chi connectivity index (χ4n) is 2.21. The normalized spacial score (nSPS) is 15.0. The molecule has 1 aromatic rings. The molecule has 2 nitrogen and oxygen atoms in total. The molecule has 0 bridgehead atoms. The van der Waals surface area contributed by atoms with Crippen molar-refractivity contribution >= 4 is 22.9 Å². The molecule has 104 valence electrons. The summed E-state index contributed by atoms with van der Waals surface area (Å²) in [5.41, 5.74) is 0. The lowest BCUT2D eigenvalue weighted by Crippen LogP contribution is -2.45. The quantitative estimate of drug-likeness (QED) is 0.781. The minimum atomic E-state index is 0.217. The van der Waals surface area contributed by atoms with Crippen LogP contribution in [-0.2, 0) is 11.2 Å². The molecule has 0 radical (unpaired) electrons. The second kappa shape index (κ2) is 8.16. The van der Waals surface area contributed by atoms with E-state index < -0.39 is 0 Å². The van der Waals surface area contributed by atoms with E-state index in [-0.39, 0.29) is 6.10 Å². The molecule has 0 spiro atoms. The predicted octanol–water partition coefficient (Wildman–Crippen LogP) is 3.98. The van der Waals surface area contributed by atoms with E-state index in [0.29, 0.717) is 12.0 Å². The fourth-order valence-corrected chi connectivity index (χ4v) is 3.38. The molecule has 2 atom stereocenters. The topological polar surface area (TPSA) is 21.3 Å². The van der Waals surface area contributed by atoms with Gasteiger partial charge in [0.1, 0.15) is 0 Å². The van der Waals surface area contributed by atoms with Gasteiger partial charge in [-0.15, -0.1) is 11.3 Å². The predicted molar refractivity (Wildman–Crippen MR) is 80.7 cm³/mol. The minimum Gasteiger partial charge on any atom is -0.380 e. The van der Waals surface area contributed by atoms with Gasteiger partial charge in [0.15, 0.2) is 0 Å². The van der Waals surface area contributed by atoms with E-state index >= 15 is 0 Å². The first-order valence-corrected chi connectivity index (χ1v) is 7.83. The van der Waals surface area contributed by atoms with Gasteiger partial charge in [-0.1, -0.05) is 32.4 Å². The van der Waals surface area contributed by atoms with Crippen molar-refractivity contribution in [3.05, 3.63) is 21.3 Å². The van der Waals surface area contributed by atoms with Crippen molar-refractivity contribution in [2.24, 2.45) is 5.92 Å². The van der Waals surface area contributed by atoms with Crippen LogP contribution in [0.1, 0.15) is 32.1 Å². The third-order valence-electron chi connectivity index (χ3n) is 3.08. The van der Waals surface area contributed by atoms with E-state index in [0.717, 1.165) is 24.4 Å². The first-order valence-electron chi connectivity index (χ1n) is 6.58. The Morgan fingerprint density at radius 1 is 1.44 bits per heavy atom. The van der Waals surface area contributed by atoms with Crippen LogP contribution in [0.4, 0.5) is 0 Å². The van der Waals surface area contributed by atoms with Gasteiger partial charge < -0.3 is 10.1 Å². The van der Waals surface area contributed by atoms with E-state index in [9.17, 15) is 0 Å². The molecular weight excluding hydrogens is 266 g/mol. The van der Waals surface area contributed by atoms with Gasteiger partial charge in [-0.05, 0) is 30.3 Å². The van der Waals surface area contributed by atoms with Crippen LogP contribution < -0.4 is 5.32 Å². The van der Waals surface area contributed by atoms with Gasteiger partial charge in [-0.25, -0.2) is 0 Å². The maximum absolute atomic E-state index is 6.19. The van der Waals surface area contributed by atoms with Crippen LogP contribution in [0, 0.1) is 5.92 Å². The summed E-state index contributed by atoms with van der Waals surface area (Å²) >= 11 is 7.91. The third kappa shape index (κ3) is 4.54. The van der Waals surface area contributed by atoms with Gasteiger partial charge in [0.2, 0.25) is 0 Å². The van der Waals surface area contributed by atoms with E-state index in [1.54, 1.807) is 18.4 Å². The van der Waals surface area contributed by atoms with Gasteiger partial charge in [0.25, 0.3) is 0 Å². The molecule has 1 heterocycles. The van der Waals surface area contributed by atoms with Crippen molar-refractivity contribution in [2.45, 2.75) is 45.8 Å². The van der Waals surface area contributed by atoms with Crippen LogP contribution in [0.3, 0.4) is 0 Å². The van der Waals surface area contributed by atoms with Crippen LogP contribution in [-0.4, -0.2) is 25.8 Å². The lowest BCUT2D eigenvalue weighted by atomic mass is 9.96. The standard InChI is InChI=1S/C14H24ClNOS/c1-5-7-16-12(14(17-4)10(2)3)9-13-11(15)6-8-18-13/h6,8,10,12,14,16H,5,7,9H2,1-4H3. The number of thiophene rings is 1. The molecule has 0 aliphatic rings. The molecule has 0 aromatic carbocycles. The van der Waals surface area contributed by atoms with Crippen LogP contribution in [0.25, 0.3) is 0 Å². The van der Waals surface area contributed by atoms with Crippen LogP contribution in [0.5, 0.6) is 0 Å². The van der Waals surface area contributed by atoms with Crippen molar-refractivity contribution in [1.29, 1.82) is 0 Å². The monoisotopic (exact) mass is 289 g/mol. The summed E-state index contributed by atoms with van der Waals surface area (Å²) in [7, 11) is 1.79. The summed E-state index contributed by atoms with van der Waals surface area (Å²) in [5, 5.41) is 6.51. The molecule has 1 rings (SSSR count). The Labute approximate surface area is 120 Å². The Kier molecular flexibility index (Phi) is 7.23. The Morgan fingerprint density at radius 2 is 2.17 bits per heavy atom. The summed E-state index contributed by atoms with van der Waals surface area (Å²) in [6.45, 7) is 7.59. The highest BCUT2D eigenvalue weighted by molar-refractivity contribution is 7.10. The highest BCUT2D eigenvalue weighted by Crippen LogP contribution is 2.25. The first kappa shape index (κ1) is 16.0. The summed E-state index contributed by atoms with van der Waals surface area (Å²) in [6.07, 6.45) is 2.28. The van der Waals surface area contributed by atoms with Crippen LogP contribution in [0.15, 0.2) is 11.4 Å². The average Bonchev–Trinajstić information content (AvgIpc) is 2.72. The van der Waals surface area contributed by atoms with E-state index in [1.165, 1.54) is 4.88 Å². The Bertz CT molecular complexity index is 340. The number of methoxy groups -OCH3 is 1. The molecule has 1 N–H and O–H groups in total. The Balaban J connectivity index is 2.74. The minimum absolute atomic E-state index is 0.217. The number of hydrogen-bond acceptors (Lipinski definition) is 3. The van der Waals surface area contributed by atoms with E-state index in [2.05, 4.69) is 26.1 Å². The fraction of sp³-hybridized carbons (Fsp3) is 0.714. The number of nitrogens with one attached hydrogen (secondary N) is 1. The highest BCUT2D eigenvalue weighted by Gasteiger charge is 2.25. The average molecular weight is 290 g/mol. The van der Waals surface area contributed by atoms with Crippen molar-refractivity contribution in [3.63, 3.8) is 0 Å². The molecule has 0 saturated heterocycles. The van der Waals surface area contributed by atoms with Gasteiger partial charge >= 0.3 is 0 Å². The Hall–Kier alpha value is -0.0900. The van der Waals surface area contributed by atoms with Gasteiger partial charge in [0, 0.05) is 24.4 Å². The third-order valence-corrected chi connectivity index (χ3v) is 4.49. The zero-order valence-corrected chi connectivity index (χ0v) is 13.3. The van der Waals surface area contributed by atoms with Crippen LogP contribution >= 0.6 is 22.9 Å². The second-order valence-corrected chi connectivity index (χ2v) is 6.31. The lowest BCUT2D eigenvalue weighted by Gasteiger charge is -2.30. The number of ether oxygens (including phenoxy) is 1. The molecule has 0 amide bonds. The maximum Gasteiger partial charge on any atom is 0.0750 e. The summed E-state index contributed by atoms with van der Waals surface area (Å²) < 4.78 is 5.66. The molecular formula is C14H24ClNOS. The van der Waals surface area contributed by atoms with E-state index in [4.69, 9.17) is 16.3 Å². The smallest absolute Gasteiger partial charge is 0.0750 e. The van der Waals surface area contributed by atoms with Crippen molar-refractivity contribution in [1.82, 2.24) is 5.32 Å². The zero-order valence-electron chi connectivity index (χ0n) is 11.7. The largest absolute Gasteiger partial charge is 0.380 e.